The first-order valence-corrected chi connectivity index (χ1v) is 15.6. The van der Waals surface area contributed by atoms with Crippen LogP contribution in [0.25, 0.3) is 0 Å². The molecule has 0 heterocycles. The lowest BCUT2D eigenvalue weighted by Gasteiger charge is -2.33. The average Bonchev–Trinajstić information content (AvgIpc) is 2.85. The number of hydrogen-bond donors (Lipinski definition) is 0. The SMILES string of the molecule is CC1=C(/C=C/C(C)=C\C=C\C(C)=C\CC/C=C(C)/C=C/C=C(C)\C=C\C2=C(C)CCCC2(C)C)C(C)(C)CCC1. The van der Waals surface area contributed by atoms with Gasteiger partial charge in [-0.05, 0) is 115 Å². The smallest absolute Gasteiger partial charge is 0.0104 e. The van der Waals surface area contributed by atoms with Gasteiger partial charge in [0.15, 0.2) is 0 Å². The van der Waals surface area contributed by atoms with Crippen molar-refractivity contribution >= 4 is 0 Å². The zero-order valence-corrected chi connectivity index (χ0v) is 27.6. The second-order valence-corrected chi connectivity index (χ2v) is 13.5. The summed E-state index contributed by atoms with van der Waals surface area (Å²) >= 11 is 0. The Hall–Kier alpha value is -2.60. The summed E-state index contributed by atoms with van der Waals surface area (Å²) in [5, 5.41) is 0. The second-order valence-electron chi connectivity index (χ2n) is 13.5. The average molecular weight is 539 g/mol. The van der Waals surface area contributed by atoms with E-state index < -0.39 is 0 Å². The molecule has 2 rings (SSSR count). The Morgan fingerprint density at radius 3 is 1.30 bits per heavy atom. The first-order chi connectivity index (χ1) is 18.8. The van der Waals surface area contributed by atoms with Crippen LogP contribution in [0.1, 0.15) is 121 Å². The van der Waals surface area contributed by atoms with Crippen LogP contribution >= 0.6 is 0 Å². The molecule has 0 N–H and O–H groups in total. The number of allylic oxidation sites excluding steroid dienone is 20. The van der Waals surface area contributed by atoms with Crippen LogP contribution in [0.15, 0.2) is 117 Å². The molecule has 0 spiro atoms. The summed E-state index contributed by atoms with van der Waals surface area (Å²) in [5.74, 6) is 0. The van der Waals surface area contributed by atoms with Crippen LogP contribution < -0.4 is 0 Å². The van der Waals surface area contributed by atoms with E-state index in [1.807, 2.05) is 0 Å². The van der Waals surface area contributed by atoms with Gasteiger partial charge < -0.3 is 0 Å². The molecular formula is C40H58. The largest absolute Gasteiger partial charge is 0.0813 e. The molecule has 0 nitrogen and oxygen atoms in total. The molecule has 0 bridgehead atoms. The van der Waals surface area contributed by atoms with Crippen LogP contribution in [0.5, 0.6) is 0 Å². The van der Waals surface area contributed by atoms with Crippen LogP contribution in [0.2, 0.25) is 0 Å². The molecule has 218 valence electrons. The Morgan fingerprint density at radius 1 is 0.575 bits per heavy atom. The summed E-state index contributed by atoms with van der Waals surface area (Å²) in [5.41, 5.74) is 12.0. The van der Waals surface area contributed by atoms with Crippen molar-refractivity contribution in [2.75, 3.05) is 0 Å². The third kappa shape index (κ3) is 11.5. The predicted molar refractivity (Wildman–Crippen MR) is 181 cm³/mol. The minimum atomic E-state index is 0.299. The van der Waals surface area contributed by atoms with Gasteiger partial charge in [0.05, 0.1) is 0 Å². The molecule has 0 amide bonds. The summed E-state index contributed by atoms with van der Waals surface area (Å²) in [6, 6.07) is 0. The molecule has 0 aromatic rings. The molecule has 40 heavy (non-hydrogen) atoms. The van der Waals surface area contributed by atoms with Crippen molar-refractivity contribution in [2.45, 2.75) is 121 Å². The van der Waals surface area contributed by atoms with E-state index in [1.165, 1.54) is 72.0 Å². The van der Waals surface area contributed by atoms with Crippen LogP contribution in [0, 0.1) is 10.8 Å². The fourth-order valence-electron chi connectivity index (χ4n) is 6.02. The lowest BCUT2D eigenvalue weighted by Crippen LogP contribution is -2.19. The molecule has 0 fully saturated rings. The lowest BCUT2D eigenvalue weighted by molar-refractivity contribution is 0.376. The first-order valence-electron chi connectivity index (χ1n) is 15.6. The molecule has 0 aliphatic heterocycles. The summed E-state index contributed by atoms with van der Waals surface area (Å²) in [7, 11) is 0. The van der Waals surface area contributed by atoms with Crippen molar-refractivity contribution in [2.24, 2.45) is 10.8 Å². The van der Waals surface area contributed by atoms with Crippen LogP contribution in [-0.4, -0.2) is 0 Å². The topological polar surface area (TPSA) is 0 Å². The molecule has 0 unspecified atom stereocenters. The molecule has 2 aliphatic carbocycles. The fraction of sp³-hybridized carbons (Fsp3) is 0.500. The van der Waals surface area contributed by atoms with E-state index in [2.05, 4.69) is 142 Å². The van der Waals surface area contributed by atoms with Crippen LogP contribution in [0.4, 0.5) is 0 Å². The van der Waals surface area contributed by atoms with Crippen molar-refractivity contribution < 1.29 is 0 Å². The van der Waals surface area contributed by atoms with Gasteiger partial charge in [0.1, 0.15) is 0 Å². The summed E-state index contributed by atoms with van der Waals surface area (Å²) in [6.45, 7) is 22.9. The molecule has 0 radical (unpaired) electrons. The van der Waals surface area contributed by atoms with Gasteiger partial charge in [0.2, 0.25) is 0 Å². The Balaban J connectivity index is 1.82. The maximum Gasteiger partial charge on any atom is -0.0104 e. The van der Waals surface area contributed by atoms with E-state index in [9.17, 15) is 0 Å². The third-order valence-corrected chi connectivity index (χ3v) is 8.65. The quantitative estimate of drug-likeness (QED) is 0.181. The summed E-state index contributed by atoms with van der Waals surface area (Å²) < 4.78 is 0. The highest BCUT2D eigenvalue weighted by Crippen LogP contribution is 2.41. The van der Waals surface area contributed by atoms with Crippen LogP contribution in [0.3, 0.4) is 0 Å². The van der Waals surface area contributed by atoms with E-state index in [0.717, 1.165) is 12.8 Å². The van der Waals surface area contributed by atoms with E-state index in [-0.39, 0.29) is 0 Å². The Labute approximate surface area is 248 Å². The molecular weight excluding hydrogens is 480 g/mol. The monoisotopic (exact) mass is 538 g/mol. The van der Waals surface area contributed by atoms with Gasteiger partial charge in [-0.3, -0.25) is 0 Å². The lowest BCUT2D eigenvalue weighted by atomic mass is 9.72. The van der Waals surface area contributed by atoms with E-state index in [4.69, 9.17) is 0 Å². The number of unbranched alkanes of at least 4 members (excludes halogenated alkanes) is 1. The zero-order valence-electron chi connectivity index (χ0n) is 27.6. The standard InChI is InChI=1S/C40H58/c1-31(19-13-21-33(3)25-27-37-35(5)23-15-29-39(37,7)8)17-11-12-18-32(2)20-14-22-34(4)26-28-38-36(6)24-16-30-40(38,9)10/h13-14,17-22,25-28H,11-12,15-16,23-24,29-30H2,1-10H3/b19-13+,20-14+,27-25+,28-26+,31-17+,32-18+,33-21-,34-22-. The molecule has 2 aliphatic rings. The van der Waals surface area contributed by atoms with Gasteiger partial charge in [0.25, 0.3) is 0 Å². The number of hydrogen-bond acceptors (Lipinski definition) is 0. The molecule has 0 saturated heterocycles. The van der Waals surface area contributed by atoms with Gasteiger partial charge >= 0.3 is 0 Å². The summed E-state index contributed by atoms with van der Waals surface area (Å²) in [4.78, 5) is 0. The van der Waals surface area contributed by atoms with Crippen molar-refractivity contribution in [3.8, 4) is 0 Å². The highest BCUT2D eigenvalue weighted by Gasteiger charge is 2.27. The van der Waals surface area contributed by atoms with Gasteiger partial charge in [-0.15, -0.1) is 0 Å². The van der Waals surface area contributed by atoms with Gasteiger partial charge in [-0.2, -0.15) is 0 Å². The highest BCUT2D eigenvalue weighted by atomic mass is 14.3. The Bertz CT molecular complexity index is 1070. The van der Waals surface area contributed by atoms with Crippen molar-refractivity contribution in [1.29, 1.82) is 0 Å². The predicted octanol–water partition coefficient (Wildman–Crippen LogP) is 12.8. The normalized spacial score (nSPS) is 21.8. The molecule has 0 aromatic carbocycles. The van der Waals surface area contributed by atoms with Gasteiger partial charge in [0, 0.05) is 0 Å². The second kappa shape index (κ2) is 16.0. The van der Waals surface area contributed by atoms with Gasteiger partial charge in [-0.1, -0.05) is 134 Å². The van der Waals surface area contributed by atoms with Crippen LogP contribution in [-0.2, 0) is 0 Å². The number of rotatable bonds is 11. The fourth-order valence-corrected chi connectivity index (χ4v) is 6.02. The highest BCUT2D eigenvalue weighted by molar-refractivity contribution is 5.38. The minimum Gasteiger partial charge on any atom is -0.0813 e. The van der Waals surface area contributed by atoms with Gasteiger partial charge in [-0.25, -0.2) is 0 Å². The molecule has 0 heteroatoms. The molecule has 0 aromatic heterocycles. The van der Waals surface area contributed by atoms with E-state index in [0.29, 0.717) is 10.8 Å². The van der Waals surface area contributed by atoms with Crippen molar-refractivity contribution in [1.82, 2.24) is 0 Å². The van der Waals surface area contributed by atoms with Crippen molar-refractivity contribution in [3.63, 3.8) is 0 Å². The first kappa shape index (κ1) is 33.6. The summed E-state index contributed by atoms with van der Waals surface area (Å²) in [6.07, 6.45) is 37.0. The maximum absolute atomic E-state index is 2.38. The Morgan fingerprint density at radius 2 is 0.950 bits per heavy atom. The van der Waals surface area contributed by atoms with E-state index >= 15 is 0 Å². The maximum atomic E-state index is 2.38. The minimum absolute atomic E-state index is 0.299. The zero-order chi connectivity index (χ0) is 29.8. The third-order valence-electron chi connectivity index (χ3n) is 8.65. The van der Waals surface area contributed by atoms with Crippen molar-refractivity contribution in [3.05, 3.63) is 117 Å². The molecule has 0 atom stereocenters. The molecule has 0 saturated carbocycles. The van der Waals surface area contributed by atoms with E-state index in [1.54, 1.807) is 11.1 Å². The Kier molecular flexibility index (Phi) is 13.4.